The predicted octanol–water partition coefficient (Wildman–Crippen LogP) is -0.737. The number of carboxylic acids is 1. The van der Waals surface area contributed by atoms with E-state index in [2.05, 4.69) is 0 Å². The quantitative estimate of drug-likeness (QED) is 0.599. The van der Waals surface area contributed by atoms with E-state index >= 15 is 0 Å². The Bertz CT molecular complexity index is 350. The number of hydrogen-bond donors (Lipinski definition) is 2. The molecule has 1 atom stereocenters. The van der Waals surface area contributed by atoms with E-state index < -0.39 is 5.97 Å². The molecule has 2 rings (SSSR count). The molecular formula is C9H12N2O4. The third kappa shape index (κ3) is 1.46. The van der Waals surface area contributed by atoms with Gasteiger partial charge >= 0.3 is 5.97 Å². The molecule has 2 aliphatic heterocycles. The van der Waals surface area contributed by atoms with Crippen LogP contribution in [-0.2, 0) is 14.3 Å². The fourth-order valence-corrected chi connectivity index (χ4v) is 1.93. The van der Waals surface area contributed by atoms with E-state index in [1.54, 1.807) is 0 Å². The number of β-lactam (4-membered cyclic amide) rings is 1. The van der Waals surface area contributed by atoms with Crippen LogP contribution in [0, 0.1) is 0 Å². The highest BCUT2D eigenvalue weighted by atomic mass is 16.5. The molecule has 0 aliphatic carbocycles. The summed E-state index contributed by atoms with van der Waals surface area (Å²) < 4.78 is 5.24. The Morgan fingerprint density at radius 3 is 2.87 bits per heavy atom. The number of carbonyl (C=O) groups is 2. The molecule has 1 fully saturated rings. The van der Waals surface area contributed by atoms with Gasteiger partial charge < -0.3 is 15.6 Å². The normalized spacial score (nSPS) is 23.9. The minimum absolute atomic E-state index is 0.00954. The fraction of sp³-hybridized carbons (Fsp3) is 0.556. The van der Waals surface area contributed by atoms with Crippen LogP contribution in [0.5, 0.6) is 0 Å². The number of rotatable bonds is 4. The van der Waals surface area contributed by atoms with Gasteiger partial charge in [0.2, 0.25) is 5.91 Å². The number of fused-ring (bicyclic) bond motifs is 1. The maximum Gasteiger partial charge on any atom is 0.356 e. The van der Waals surface area contributed by atoms with E-state index in [1.165, 1.54) is 4.90 Å². The molecule has 0 radical (unpaired) electrons. The zero-order chi connectivity index (χ0) is 11.0. The van der Waals surface area contributed by atoms with Crippen LogP contribution < -0.4 is 5.73 Å². The maximum atomic E-state index is 11.2. The molecule has 15 heavy (non-hydrogen) atoms. The molecule has 6 heteroatoms. The number of ether oxygens (including phenoxy) is 1. The van der Waals surface area contributed by atoms with Gasteiger partial charge in [0, 0.05) is 19.4 Å². The SMILES string of the molecule is NCCOC1=C(C(=O)O)N2C(=O)CC2C1. The van der Waals surface area contributed by atoms with Crippen molar-refractivity contribution in [3.63, 3.8) is 0 Å². The molecule has 6 nitrogen and oxygen atoms in total. The predicted molar refractivity (Wildman–Crippen MR) is 49.5 cm³/mol. The summed E-state index contributed by atoms with van der Waals surface area (Å²) in [7, 11) is 0. The first-order chi connectivity index (χ1) is 7.15. The molecule has 3 N–H and O–H groups in total. The zero-order valence-corrected chi connectivity index (χ0v) is 8.10. The highest BCUT2D eigenvalue weighted by molar-refractivity contribution is 5.97. The van der Waals surface area contributed by atoms with Crippen molar-refractivity contribution in [2.75, 3.05) is 13.2 Å². The van der Waals surface area contributed by atoms with Crippen molar-refractivity contribution >= 4 is 11.9 Å². The lowest BCUT2D eigenvalue weighted by Gasteiger charge is -2.34. The molecular weight excluding hydrogens is 200 g/mol. The van der Waals surface area contributed by atoms with Gasteiger partial charge in [-0.15, -0.1) is 0 Å². The van der Waals surface area contributed by atoms with Gasteiger partial charge in [-0.3, -0.25) is 9.69 Å². The molecule has 1 saturated heterocycles. The average Bonchev–Trinajstić information content (AvgIpc) is 2.47. The van der Waals surface area contributed by atoms with Crippen molar-refractivity contribution in [2.24, 2.45) is 5.73 Å². The van der Waals surface area contributed by atoms with Crippen molar-refractivity contribution < 1.29 is 19.4 Å². The largest absolute Gasteiger partial charge is 0.494 e. The van der Waals surface area contributed by atoms with Gasteiger partial charge in [-0.2, -0.15) is 0 Å². The molecule has 0 spiro atoms. The number of aliphatic carboxylic acids is 1. The Balaban J connectivity index is 2.19. The number of carbonyl (C=O) groups excluding carboxylic acids is 1. The number of amides is 1. The Morgan fingerprint density at radius 2 is 2.33 bits per heavy atom. The van der Waals surface area contributed by atoms with Crippen molar-refractivity contribution in [3.8, 4) is 0 Å². The van der Waals surface area contributed by atoms with Gasteiger partial charge in [0.15, 0.2) is 5.70 Å². The van der Waals surface area contributed by atoms with Gasteiger partial charge in [0.1, 0.15) is 12.4 Å². The van der Waals surface area contributed by atoms with E-state index in [1.807, 2.05) is 0 Å². The summed E-state index contributed by atoms with van der Waals surface area (Å²) in [6.45, 7) is 0.607. The van der Waals surface area contributed by atoms with E-state index in [4.69, 9.17) is 15.6 Å². The number of hydrogen-bond acceptors (Lipinski definition) is 4. The van der Waals surface area contributed by atoms with Gasteiger partial charge in [-0.25, -0.2) is 4.79 Å². The highest BCUT2D eigenvalue weighted by Gasteiger charge is 2.48. The Kier molecular flexibility index (Phi) is 2.36. The van der Waals surface area contributed by atoms with Gasteiger partial charge in [-0.05, 0) is 0 Å². The number of nitrogens with zero attached hydrogens (tertiary/aromatic N) is 1. The summed E-state index contributed by atoms with van der Waals surface area (Å²) in [5.41, 5.74) is 5.26. The minimum Gasteiger partial charge on any atom is -0.494 e. The third-order valence-electron chi connectivity index (χ3n) is 2.57. The van der Waals surface area contributed by atoms with Crippen LogP contribution in [0.25, 0.3) is 0 Å². The van der Waals surface area contributed by atoms with Crippen molar-refractivity contribution in [2.45, 2.75) is 18.9 Å². The van der Waals surface area contributed by atoms with Crippen molar-refractivity contribution in [1.29, 1.82) is 0 Å². The topological polar surface area (TPSA) is 92.9 Å². The van der Waals surface area contributed by atoms with Crippen LogP contribution in [0.15, 0.2) is 11.5 Å². The van der Waals surface area contributed by atoms with Crippen LogP contribution in [0.3, 0.4) is 0 Å². The molecule has 1 unspecified atom stereocenters. The summed E-state index contributed by atoms with van der Waals surface area (Å²) in [5, 5.41) is 8.96. The Labute approximate surface area is 86.3 Å². The molecule has 0 aromatic heterocycles. The van der Waals surface area contributed by atoms with E-state index in [0.29, 0.717) is 25.1 Å². The summed E-state index contributed by atoms with van der Waals surface area (Å²) in [4.78, 5) is 23.4. The van der Waals surface area contributed by atoms with Crippen LogP contribution in [0.2, 0.25) is 0 Å². The monoisotopic (exact) mass is 212 g/mol. The lowest BCUT2D eigenvalue weighted by Crippen LogP contribution is -2.49. The summed E-state index contributed by atoms with van der Waals surface area (Å²) >= 11 is 0. The summed E-state index contributed by atoms with van der Waals surface area (Å²) in [5.74, 6) is -0.884. The molecule has 0 saturated carbocycles. The Hall–Kier alpha value is -1.56. The summed E-state index contributed by atoms with van der Waals surface area (Å²) in [6, 6.07) is -0.0172. The van der Waals surface area contributed by atoms with E-state index in [-0.39, 0.29) is 24.3 Å². The van der Waals surface area contributed by atoms with Crippen LogP contribution in [0.1, 0.15) is 12.8 Å². The number of carboxylic acid groups (broad SMARTS) is 1. The number of nitrogens with two attached hydrogens (primary N) is 1. The first-order valence-corrected chi connectivity index (χ1v) is 4.76. The zero-order valence-electron chi connectivity index (χ0n) is 8.10. The van der Waals surface area contributed by atoms with E-state index in [9.17, 15) is 9.59 Å². The average molecular weight is 212 g/mol. The van der Waals surface area contributed by atoms with Crippen LogP contribution in [-0.4, -0.2) is 41.1 Å². The van der Waals surface area contributed by atoms with Gasteiger partial charge in [0.25, 0.3) is 0 Å². The van der Waals surface area contributed by atoms with Gasteiger partial charge in [-0.1, -0.05) is 0 Å². The first-order valence-electron chi connectivity index (χ1n) is 4.76. The lowest BCUT2D eigenvalue weighted by molar-refractivity contribution is -0.147. The van der Waals surface area contributed by atoms with E-state index in [0.717, 1.165) is 0 Å². The second-order valence-corrected chi connectivity index (χ2v) is 3.54. The third-order valence-corrected chi connectivity index (χ3v) is 2.57. The molecule has 2 heterocycles. The lowest BCUT2D eigenvalue weighted by atomic mass is 10.0. The first kappa shape index (κ1) is 9.97. The molecule has 0 bridgehead atoms. The Morgan fingerprint density at radius 1 is 1.60 bits per heavy atom. The van der Waals surface area contributed by atoms with Crippen LogP contribution in [0.4, 0.5) is 0 Å². The van der Waals surface area contributed by atoms with Crippen LogP contribution >= 0.6 is 0 Å². The second kappa shape index (κ2) is 3.54. The molecule has 0 aromatic carbocycles. The van der Waals surface area contributed by atoms with Crippen molar-refractivity contribution in [3.05, 3.63) is 11.5 Å². The fourth-order valence-electron chi connectivity index (χ4n) is 1.93. The molecule has 1 amide bonds. The molecule has 82 valence electrons. The summed E-state index contributed by atoms with van der Waals surface area (Å²) in [6.07, 6.45) is 0.902. The van der Waals surface area contributed by atoms with Crippen molar-refractivity contribution in [1.82, 2.24) is 4.90 Å². The second-order valence-electron chi connectivity index (χ2n) is 3.54. The van der Waals surface area contributed by atoms with Gasteiger partial charge in [0.05, 0.1) is 6.04 Å². The minimum atomic E-state index is -1.11. The highest BCUT2D eigenvalue weighted by Crippen LogP contribution is 2.38. The maximum absolute atomic E-state index is 11.2. The standard InChI is InChI=1S/C9H12N2O4/c10-1-2-15-6-3-5-4-7(12)11(5)8(6)9(13)14/h5H,1-4,10H2,(H,13,14). The smallest absolute Gasteiger partial charge is 0.356 e. The molecule has 0 aromatic rings. The molecule has 2 aliphatic rings.